The van der Waals surface area contributed by atoms with E-state index in [2.05, 4.69) is 57.6 Å². The third kappa shape index (κ3) is 4.60. The fourth-order valence-corrected chi connectivity index (χ4v) is 2.42. The first-order chi connectivity index (χ1) is 9.28. The quantitative estimate of drug-likeness (QED) is 0.791. The van der Waals surface area contributed by atoms with Crippen LogP contribution in [0.5, 0.6) is 5.75 Å². The largest absolute Gasteiger partial charge is 0.497 e. The molecule has 3 heteroatoms. The third-order valence-corrected chi connectivity index (χ3v) is 3.38. The highest BCUT2D eigenvalue weighted by Gasteiger charge is 1.99. The number of hydrogen-bond donors (Lipinski definition) is 1. The molecule has 2 nitrogen and oxygen atoms in total. The van der Waals surface area contributed by atoms with E-state index in [9.17, 15) is 0 Å². The maximum atomic E-state index is 5.24. The first-order valence-corrected chi connectivity index (χ1v) is 7.19. The van der Waals surface area contributed by atoms with Crippen LogP contribution in [0.15, 0.2) is 53.0 Å². The molecule has 0 saturated heterocycles. The van der Waals surface area contributed by atoms with E-state index in [1.165, 1.54) is 5.56 Å². The molecule has 0 saturated carbocycles. The normalized spacial score (nSPS) is 10.2. The van der Waals surface area contributed by atoms with E-state index in [0.717, 1.165) is 35.3 Å². The minimum Gasteiger partial charge on any atom is -0.497 e. The second-order valence-corrected chi connectivity index (χ2v) is 5.31. The summed E-state index contributed by atoms with van der Waals surface area (Å²) in [5.41, 5.74) is 2.47. The lowest BCUT2D eigenvalue weighted by Crippen LogP contribution is -2.03. The average molecular weight is 320 g/mol. The van der Waals surface area contributed by atoms with Crippen molar-refractivity contribution in [2.75, 3.05) is 19.0 Å². The van der Waals surface area contributed by atoms with Crippen molar-refractivity contribution in [1.82, 2.24) is 0 Å². The number of ether oxygens (including phenoxy) is 1. The molecular weight excluding hydrogens is 302 g/mol. The highest BCUT2D eigenvalue weighted by atomic mass is 79.9. The number of anilines is 1. The lowest BCUT2D eigenvalue weighted by Gasteiger charge is -2.09. The molecule has 2 aromatic carbocycles. The van der Waals surface area contributed by atoms with Gasteiger partial charge in [-0.3, -0.25) is 0 Å². The van der Waals surface area contributed by atoms with Crippen LogP contribution in [-0.4, -0.2) is 13.7 Å². The van der Waals surface area contributed by atoms with E-state index in [1.54, 1.807) is 7.11 Å². The Morgan fingerprint density at radius 1 is 1.11 bits per heavy atom. The van der Waals surface area contributed by atoms with E-state index in [0.29, 0.717) is 0 Å². The van der Waals surface area contributed by atoms with Gasteiger partial charge in [0.1, 0.15) is 5.75 Å². The summed E-state index contributed by atoms with van der Waals surface area (Å²) in [7, 11) is 1.68. The zero-order valence-corrected chi connectivity index (χ0v) is 12.6. The Morgan fingerprint density at radius 2 is 1.89 bits per heavy atom. The predicted octanol–water partition coefficient (Wildman–Crippen LogP) is 4.50. The summed E-state index contributed by atoms with van der Waals surface area (Å²) in [6, 6.07) is 16.6. The molecule has 0 aliphatic heterocycles. The van der Waals surface area contributed by atoms with Gasteiger partial charge in [-0.05, 0) is 30.5 Å². The van der Waals surface area contributed by atoms with Crippen molar-refractivity contribution >= 4 is 21.6 Å². The second kappa shape index (κ2) is 7.19. The number of nitrogens with one attached hydrogen (secondary N) is 1. The minimum absolute atomic E-state index is 0.861. The maximum Gasteiger partial charge on any atom is 0.122 e. The SMILES string of the molecule is COc1cc(Br)cc(NCCCc2ccccc2)c1. The standard InChI is InChI=1S/C16H18BrNO/c1-19-16-11-14(17)10-15(12-16)18-9-5-8-13-6-3-2-4-7-13/h2-4,6-7,10-12,18H,5,8-9H2,1H3. The zero-order chi connectivity index (χ0) is 13.5. The van der Waals surface area contributed by atoms with Gasteiger partial charge in [-0.1, -0.05) is 46.3 Å². The van der Waals surface area contributed by atoms with Crippen molar-refractivity contribution < 1.29 is 4.74 Å². The molecule has 0 bridgehead atoms. The Kier molecular flexibility index (Phi) is 5.28. The Labute approximate surface area is 122 Å². The summed E-state index contributed by atoms with van der Waals surface area (Å²) in [5.74, 6) is 0.861. The highest BCUT2D eigenvalue weighted by Crippen LogP contribution is 2.24. The van der Waals surface area contributed by atoms with Gasteiger partial charge in [-0.25, -0.2) is 0 Å². The summed E-state index contributed by atoms with van der Waals surface area (Å²) >= 11 is 3.48. The highest BCUT2D eigenvalue weighted by molar-refractivity contribution is 9.10. The van der Waals surface area contributed by atoms with Crippen LogP contribution in [0.1, 0.15) is 12.0 Å². The fraction of sp³-hybridized carbons (Fsp3) is 0.250. The Balaban J connectivity index is 1.81. The molecule has 19 heavy (non-hydrogen) atoms. The monoisotopic (exact) mass is 319 g/mol. The van der Waals surface area contributed by atoms with Gasteiger partial charge in [0.15, 0.2) is 0 Å². The van der Waals surface area contributed by atoms with Crippen LogP contribution in [0.25, 0.3) is 0 Å². The summed E-state index contributed by atoms with van der Waals surface area (Å²) in [6.07, 6.45) is 2.21. The van der Waals surface area contributed by atoms with Crippen molar-refractivity contribution in [2.24, 2.45) is 0 Å². The van der Waals surface area contributed by atoms with Gasteiger partial charge in [0.25, 0.3) is 0 Å². The van der Waals surface area contributed by atoms with Gasteiger partial charge < -0.3 is 10.1 Å². The molecular formula is C16H18BrNO. The topological polar surface area (TPSA) is 21.3 Å². The predicted molar refractivity (Wildman–Crippen MR) is 83.9 cm³/mol. The molecule has 0 fully saturated rings. The number of methoxy groups -OCH3 is 1. The molecule has 100 valence electrons. The van der Waals surface area contributed by atoms with E-state index in [-0.39, 0.29) is 0 Å². The van der Waals surface area contributed by atoms with Crippen LogP contribution in [0, 0.1) is 0 Å². The van der Waals surface area contributed by atoms with E-state index >= 15 is 0 Å². The van der Waals surface area contributed by atoms with E-state index in [1.807, 2.05) is 12.1 Å². The molecule has 0 radical (unpaired) electrons. The Bertz CT molecular complexity index is 513. The van der Waals surface area contributed by atoms with Crippen LogP contribution >= 0.6 is 15.9 Å². The van der Waals surface area contributed by atoms with Crippen molar-refractivity contribution in [3.63, 3.8) is 0 Å². The van der Waals surface area contributed by atoms with E-state index in [4.69, 9.17) is 4.74 Å². The maximum absolute atomic E-state index is 5.24. The number of benzene rings is 2. The van der Waals surface area contributed by atoms with Crippen LogP contribution < -0.4 is 10.1 Å². The fourth-order valence-electron chi connectivity index (χ4n) is 1.95. The molecule has 0 aliphatic carbocycles. The Hall–Kier alpha value is -1.48. The van der Waals surface area contributed by atoms with Crippen LogP contribution in [0.2, 0.25) is 0 Å². The molecule has 0 atom stereocenters. The minimum atomic E-state index is 0.861. The number of halogens is 1. The molecule has 0 aliphatic rings. The first kappa shape index (κ1) is 13.9. The molecule has 2 rings (SSSR count). The molecule has 0 amide bonds. The number of rotatable bonds is 6. The summed E-state index contributed by atoms with van der Waals surface area (Å²) in [6.45, 7) is 0.953. The third-order valence-electron chi connectivity index (χ3n) is 2.92. The van der Waals surface area contributed by atoms with E-state index < -0.39 is 0 Å². The Morgan fingerprint density at radius 3 is 2.63 bits per heavy atom. The van der Waals surface area contributed by atoms with Crippen LogP contribution in [0.4, 0.5) is 5.69 Å². The summed E-state index contributed by atoms with van der Waals surface area (Å²) in [4.78, 5) is 0. The van der Waals surface area contributed by atoms with Gasteiger partial charge in [-0.2, -0.15) is 0 Å². The smallest absolute Gasteiger partial charge is 0.122 e. The lowest BCUT2D eigenvalue weighted by atomic mass is 10.1. The van der Waals surface area contributed by atoms with Crippen molar-refractivity contribution in [3.05, 3.63) is 58.6 Å². The van der Waals surface area contributed by atoms with Crippen LogP contribution in [0.3, 0.4) is 0 Å². The molecule has 0 heterocycles. The van der Waals surface area contributed by atoms with Gasteiger partial charge in [-0.15, -0.1) is 0 Å². The molecule has 2 aromatic rings. The van der Waals surface area contributed by atoms with Gasteiger partial charge in [0.2, 0.25) is 0 Å². The van der Waals surface area contributed by atoms with Crippen molar-refractivity contribution in [3.8, 4) is 5.75 Å². The van der Waals surface area contributed by atoms with Gasteiger partial charge in [0.05, 0.1) is 7.11 Å². The summed E-state index contributed by atoms with van der Waals surface area (Å²) < 4.78 is 6.27. The molecule has 1 N–H and O–H groups in total. The average Bonchev–Trinajstić information content (AvgIpc) is 2.44. The molecule has 0 unspecified atom stereocenters. The number of aryl methyl sites for hydroxylation is 1. The first-order valence-electron chi connectivity index (χ1n) is 6.40. The van der Waals surface area contributed by atoms with Crippen LogP contribution in [-0.2, 0) is 6.42 Å². The molecule has 0 aromatic heterocycles. The van der Waals surface area contributed by atoms with Gasteiger partial charge >= 0.3 is 0 Å². The van der Waals surface area contributed by atoms with Crippen molar-refractivity contribution in [1.29, 1.82) is 0 Å². The summed E-state index contributed by atoms with van der Waals surface area (Å²) in [5, 5.41) is 3.42. The lowest BCUT2D eigenvalue weighted by molar-refractivity contribution is 0.414. The van der Waals surface area contributed by atoms with Crippen molar-refractivity contribution in [2.45, 2.75) is 12.8 Å². The second-order valence-electron chi connectivity index (χ2n) is 4.40. The zero-order valence-electron chi connectivity index (χ0n) is 11.0. The van der Waals surface area contributed by atoms with Gasteiger partial charge in [0, 0.05) is 22.8 Å². The number of hydrogen-bond acceptors (Lipinski definition) is 2. The molecule has 0 spiro atoms.